The van der Waals surface area contributed by atoms with Crippen LogP contribution in [0.15, 0.2) is 25.3 Å². The molecule has 1 rings (SSSR count). The molecule has 0 saturated heterocycles. The Morgan fingerprint density at radius 2 is 2.06 bits per heavy atom. The first kappa shape index (κ1) is 13.3. The van der Waals surface area contributed by atoms with Crippen LogP contribution in [-0.4, -0.2) is 28.5 Å². The van der Waals surface area contributed by atoms with Crippen molar-refractivity contribution in [2.24, 2.45) is 7.05 Å². The normalized spacial score (nSPS) is 13.5. The summed E-state index contributed by atoms with van der Waals surface area (Å²) in [6, 6.07) is 0. The molecule has 0 bridgehead atoms. The maximum Gasteiger partial charge on any atom is 0.113 e. The van der Waals surface area contributed by atoms with E-state index in [2.05, 4.69) is 29.6 Å². The van der Waals surface area contributed by atoms with E-state index >= 15 is 0 Å². The van der Waals surface area contributed by atoms with E-state index in [0.717, 1.165) is 28.5 Å². The van der Waals surface area contributed by atoms with Gasteiger partial charge in [0, 0.05) is 33.8 Å². The van der Waals surface area contributed by atoms with Gasteiger partial charge in [-0.05, 0) is 12.5 Å². The minimum atomic E-state index is 0.773. The van der Waals surface area contributed by atoms with E-state index in [0.29, 0.717) is 0 Å². The van der Waals surface area contributed by atoms with Crippen molar-refractivity contribution in [3.63, 3.8) is 0 Å². The number of imidazole rings is 1. The highest BCUT2D eigenvalue weighted by Gasteiger charge is 2.04. The summed E-state index contributed by atoms with van der Waals surface area (Å²) in [4.78, 5) is 6.63. The van der Waals surface area contributed by atoms with Crippen LogP contribution >= 0.6 is 0 Å². The fourth-order valence-corrected chi connectivity index (χ4v) is 1.78. The van der Waals surface area contributed by atoms with E-state index < -0.39 is 0 Å². The minimum absolute atomic E-state index is 0.773. The molecule has 0 atom stereocenters. The minimum Gasteiger partial charge on any atom is -0.382 e. The van der Waals surface area contributed by atoms with Crippen molar-refractivity contribution in [2.75, 3.05) is 14.1 Å². The van der Waals surface area contributed by atoms with Gasteiger partial charge in [0.25, 0.3) is 0 Å². The van der Waals surface area contributed by atoms with Crippen molar-refractivity contribution in [2.45, 2.75) is 13.3 Å². The quantitative estimate of drug-likeness (QED) is 0.715. The number of allylic oxidation sites excluding steroid dienone is 2. The van der Waals surface area contributed by atoms with Crippen LogP contribution < -0.4 is 10.7 Å². The van der Waals surface area contributed by atoms with Crippen LogP contribution in [0.4, 0.5) is 0 Å². The first-order valence-electron chi connectivity index (χ1n) is 5.65. The molecule has 0 aromatic carbocycles. The van der Waals surface area contributed by atoms with Crippen LogP contribution in [0.5, 0.6) is 0 Å². The fourth-order valence-electron chi connectivity index (χ4n) is 1.78. The lowest BCUT2D eigenvalue weighted by Crippen LogP contribution is -2.32. The summed E-state index contributed by atoms with van der Waals surface area (Å²) >= 11 is 0. The summed E-state index contributed by atoms with van der Waals surface area (Å²) in [5.41, 5.74) is 1.13. The summed E-state index contributed by atoms with van der Waals surface area (Å²) in [6.45, 7) is 9.64. The molecule has 1 heterocycles. The van der Waals surface area contributed by atoms with Crippen LogP contribution in [0.3, 0.4) is 0 Å². The van der Waals surface area contributed by atoms with Crippen LogP contribution in [0.2, 0.25) is 0 Å². The van der Waals surface area contributed by atoms with E-state index in [1.165, 1.54) is 0 Å². The van der Waals surface area contributed by atoms with Crippen molar-refractivity contribution in [3.05, 3.63) is 41.8 Å². The fraction of sp³-hybridized carbons (Fsp3) is 0.357. The lowest BCUT2D eigenvalue weighted by molar-refractivity contribution is 0.612. The van der Waals surface area contributed by atoms with E-state index in [1.54, 1.807) is 0 Å². The molecule has 0 fully saturated rings. The lowest BCUT2D eigenvalue weighted by atomic mass is 10.3. The Kier molecular flexibility index (Phi) is 4.32. The van der Waals surface area contributed by atoms with Gasteiger partial charge in [-0.25, -0.2) is 4.98 Å². The molecule has 0 aliphatic heterocycles. The third kappa shape index (κ3) is 2.87. The van der Waals surface area contributed by atoms with Crippen LogP contribution in [0.1, 0.15) is 12.7 Å². The molecule has 3 heteroatoms. The first-order valence-corrected chi connectivity index (χ1v) is 5.65. The Labute approximate surface area is 103 Å². The van der Waals surface area contributed by atoms with Gasteiger partial charge in [-0.3, -0.25) is 0 Å². The summed E-state index contributed by atoms with van der Waals surface area (Å²) in [6.07, 6.45) is 6.53. The molecule has 0 aliphatic rings. The van der Waals surface area contributed by atoms with Crippen LogP contribution in [0.25, 0.3) is 11.8 Å². The van der Waals surface area contributed by atoms with E-state index in [9.17, 15) is 0 Å². The molecule has 1 aromatic rings. The predicted octanol–water partition coefficient (Wildman–Crippen LogP) is 0.805. The molecular formula is C14H21N3. The van der Waals surface area contributed by atoms with Crippen LogP contribution in [0, 0.1) is 0 Å². The first-order chi connectivity index (χ1) is 8.01. The monoisotopic (exact) mass is 231 g/mol. The molecule has 0 spiro atoms. The molecule has 17 heavy (non-hydrogen) atoms. The zero-order valence-electron chi connectivity index (χ0n) is 11.2. The maximum atomic E-state index is 4.63. The molecular weight excluding hydrogens is 210 g/mol. The van der Waals surface area contributed by atoms with Gasteiger partial charge < -0.3 is 9.47 Å². The zero-order chi connectivity index (χ0) is 13.0. The second kappa shape index (κ2) is 5.53. The lowest BCUT2D eigenvalue weighted by Gasteiger charge is -2.02. The molecule has 0 saturated carbocycles. The highest BCUT2D eigenvalue weighted by atomic mass is 15.1. The topological polar surface area (TPSA) is 21.1 Å². The Bertz CT molecular complexity index is 533. The molecule has 92 valence electrons. The molecule has 0 radical (unpaired) electrons. The van der Waals surface area contributed by atoms with Crippen LogP contribution in [-0.2, 0) is 13.5 Å². The maximum absolute atomic E-state index is 4.63. The summed E-state index contributed by atoms with van der Waals surface area (Å²) in [7, 11) is 6.02. The Morgan fingerprint density at radius 1 is 1.41 bits per heavy atom. The number of rotatable bonds is 4. The zero-order valence-corrected chi connectivity index (χ0v) is 11.2. The second-order valence-corrected chi connectivity index (χ2v) is 4.29. The number of nitrogens with zero attached hydrogens (tertiary/aromatic N) is 3. The van der Waals surface area contributed by atoms with E-state index in [1.807, 2.05) is 44.4 Å². The average molecular weight is 231 g/mol. The van der Waals surface area contributed by atoms with Crippen molar-refractivity contribution in [3.8, 4) is 0 Å². The molecule has 0 amide bonds. The molecule has 0 N–H and O–H groups in total. The van der Waals surface area contributed by atoms with Gasteiger partial charge in [0.2, 0.25) is 0 Å². The smallest absolute Gasteiger partial charge is 0.113 e. The summed E-state index contributed by atoms with van der Waals surface area (Å²) in [5, 5.41) is 2.09. The number of hydrogen-bond donors (Lipinski definition) is 0. The van der Waals surface area contributed by atoms with Gasteiger partial charge in [-0.1, -0.05) is 18.7 Å². The van der Waals surface area contributed by atoms with E-state index in [4.69, 9.17) is 0 Å². The standard InChI is InChI=1S/C14H21N3/c1-7-9-13-15-12(10-16(4)5)14(17(13)6)11(3)8-2/h7-8,10H,1-2,9H2,3-6H3/b12-10+,14-11-. The van der Waals surface area contributed by atoms with Crippen molar-refractivity contribution in [1.82, 2.24) is 14.5 Å². The highest BCUT2D eigenvalue weighted by Crippen LogP contribution is 1.94. The van der Waals surface area contributed by atoms with E-state index in [-0.39, 0.29) is 0 Å². The molecule has 3 nitrogen and oxygen atoms in total. The molecule has 1 aromatic heterocycles. The van der Waals surface area contributed by atoms with Gasteiger partial charge in [0.15, 0.2) is 0 Å². The summed E-state index contributed by atoms with van der Waals surface area (Å²) < 4.78 is 2.11. The average Bonchev–Trinajstić information content (AvgIpc) is 2.54. The third-order valence-electron chi connectivity index (χ3n) is 2.60. The number of aromatic nitrogens is 2. The highest BCUT2D eigenvalue weighted by molar-refractivity contribution is 5.52. The summed E-state index contributed by atoms with van der Waals surface area (Å²) in [5.74, 6) is 1.02. The largest absolute Gasteiger partial charge is 0.382 e. The molecule has 0 aliphatic carbocycles. The van der Waals surface area contributed by atoms with Crippen molar-refractivity contribution < 1.29 is 0 Å². The van der Waals surface area contributed by atoms with Gasteiger partial charge in [0.05, 0.1) is 5.35 Å². The SMILES string of the molecule is C=CCc1nc(=C/N(C)C)/c(=C(\C)C=C)n1C. The number of hydrogen-bond acceptors (Lipinski definition) is 2. The predicted molar refractivity (Wildman–Crippen MR) is 73.8 cm³/mol. The van der Waals surface area contributed by atoms with Crippen molar-refractivity contribution >= 4 is 11.8 Å². The third-order valence-corrected chi connectivity index (χ3v) is 2.60. The Hall–Kier alpha value is -1.77. The Morgan fingerprint density at radius 3 is 2.53 bits per heavy atom. The molecule has 0 unspecified atom stereocenters. The van der Waals surface area contributed by atoms with Gasteiger partial charge in [-0.15, -0.1) is 6.58 Å². The Balaban J connectivity index is 3.66. The van der Waals surface area contributed by atoms with Gasteiger partial charge in [-0.2, -0.15) is 0 Å². The van der Waals surface area contributed by atoms with Crippen molar-refractivity contribution in [1.29, 1.82) is 0 Å². The van der Waals surface area contributed by atoms with Gasteiger partial charge >= 0.3 is 0 Å². The second-order valence-electron chi connectivity index (χ2n) is 4.29. The van der Waals surface area contributed by atoms with Gasteiger partial charge in [0.1, 0.15) is 11.2 Å².